The van der Waals surface area contributed by atoms with Crippen LogP contribution in [-0.2, 0) is 12.0 Å². The lowest BCUT2D eigenvalue weighted by Crippen LogP contribution is -2.18. The maximum atomic E-state index is 13.2. The second-order valence-corrected chi connectivity index (χ2v) is 3.70. The first-order chi connectivity index (χ1) is 6.00. The van der Waals surface area contributed by atoms with Crippen LogP contribution < -0.4 is 0 Å². The van der Waals surface area contributed by atoms with E-state index < -0.39 is 17.2 Å². The largest absolute Gasteiger partial charge is 0.385 e. The molecule has 3 heteroatoms. The van der Waals surface area contributed by atoms with E-state index in [0.717, 1.165) is 6.07 Å². The van der Waals surface area contributed by atoms with Crippen LogP contribution in [0.2, 0.25) is 0 Å². The van der Waals surface area contributed by atoms with Gasteiger partial charge in [-0.2, -0.15) is 0 Å². The smallest absolute Gasteiger partial charge is 0.132 e. The maximum Gasteiger partial charge on any atom is 0.132 e. The molecule has 1 N–H and O–H groups in total. The van der Waals surface area contributed by atoms with Gasteiger partial charge in [-0.25, -0.2) is 8.78 Å². The molecule has 0 fully saturated rings. The van der Waals surface area contributed by atoms with Crippen molar-refractivity contribution in [3.05, 3.63) is 34.9 Å². The van der Waals surface area contributed by atoms with Crippen LogP contribution in [0.15, 0.2) is 12.1 Å². The molecule has 1 unspecified atom stereocenters. The van der Waals surface area contributed by atoms with Crippen molar-refractivity contribution in [3.63, 3.8) is 0 Å². The first kappa shape index (κ1) is 8.63. The number of rotatable bonds is 0. The normalized spacial score (nSPS) is 26.2. The van der Waals surface area contributed by atoms with Gasteiger partial charge in [0.05, 0.1) is 5.60 Å². The first-order valence-electron chi connectivity index (χ1n) is 4.21. The molecular weight excluding hydrogens is 174 g/mol. The standard InChI is InChI=1S/C10H10F2O/c1-10(13)3-2-6-4-7(11)5-8(12)9(6)10/h4-5,13H,2-3H2,1H3. The number of halogens is 2. The molecule has 0 radical (unpaired) electrons. The van der Waals surface area contributed by atoms with Gasteiger partial charge in [0.25, 0.3) is 0 Å². The van der Waals surface area contributed by atoms with Crippen LogP contribution in [0.5, 0.6) is 0 Å². The molecule has 1 aliphatic carbocycles. The van der Waals surface area contributed by atoms with Crippen LogP contribution in [-0.4, -0.2) is 5.11 Å². The molecule has 1 aliphatic rings. The van der Waals surface area contributed by atoms with Crippen molar-refractivity contribution in [1.29, 1.82) is 0 Å². The highest BCUT2D eigenvalue weighted by Crippen LogP contribution is 2.38. The molecule has 0 spiro atoms. The summed E-state index contributed by atoms with van der Waals surface area (Å²) in [6.45, 7) is 1.56. The molecule has 0 saturated carbocycles. The molecule has 70 valence electrons. The molecule has 0 saturated heterocycles. The van der Waals surface area contributed by atoms with E-state index in [2.05, 4.69) is 0 Å². The number of aliphatic hydroxyl groups is 1. The Morgan fingerprint density at radius 2 is 2.08 bits per heavy atom. The molecule has 1 aromatic carbocycles. The average molecular weight is 184 g/mol. The summed E-state index contributed by atoms with van der Waals surface area (Å²) in [4.78, 5) is 0. The molecule has 0 amide bonds. The quantitative estimate of drug-likeness (QED) is 0.654. The Balaban J connectivity index is 2.65. The highest BCUT2D eigenvalue weighted by atomic mass is 19.1. The van der Waals surface area contributed by atoms with Crippen molar-refractivity contribution < 1.29 is 13.9 Å². The third-order valence-corrected chi connectivity index (χ3v) is 2.56. The fraction of sp³-hybridized carbons (Fsp3) is 0.400. The zero-order valence-electron chi connectivity index (χ0n) is 7.27. The summed E-state index contributed by atoms with van der Waals surface area (Å²) in [5.74, 6) is -1.22. The third-order valence-electron chi connectivity index (χ3n) is 2.56. The van der Waals surface area contributed by atoms with Crippen molar-refractivity contribution in [3.8, 4) is 0 Å². The highest BCUT2D eigenvalue weighted by molar-refractivity contribution is 5.38. The van der Waals surface area contributed by atoms with Crippen molar-refractivity contribution in [2.45, 2.75) is 25.4 Å². The minimum absolute atomic E-state index is 0.258. The Hall–Kier alpha value is -0.960. The molecule has 1 atom stereocenters. The fourth-order valence-corrected chi connectivity index (χ4v) is 1.93. The average Bonchev–Trinajstić information content (AvgIpc) is 2.26. The fourth-order valence-electron chi connectivity index (χ4n) is 1.93. The summed E-state index contributed by atoms with van der Waals surface area (Å²) in [5, 5.41) is 9.76. The van der Waals surface area contributed by atoms with E-state index in [1.54, 1.807) is 6.92 Å². The van der Waals surface area contributed by atoms with E-state index in [1.165, 1.54) is 6.07 Å². The van der Waals surface area contributed by atoms with Crippen LogP contribution in [0.4, 0.5) is 8.78 Å². The van der Waals surface area contributed by atoms with E-state index in [-0.39, 0.29) is 5.56 Å². The van der Waals surface area contributed by atoms with Gasteiger partial charge in [-0.1, -0.05) is 0 Å². The summed E-state index contributed by atoms with van der Waals surface area (Å²) < 4.78 is 26.0. The molecule has 1 aromatic rings. The molecule has 2 rings (SSSR count). The Bertz CT molecular complexity index is 358. The topological polar surface area (TPSA) is 20.2 Å². The molecule has 1 nitrogen and oxygen atoms in total. The van der Waals surface area contributed by atoms with E-state index >= 15 is 0 Å². The predicted molar refractivity (Wildman–Crippen MR) is 44.2 cm³/mol. The van der Waals surface area contributed by atoms with E-state index in [0.29, 0.717) is 18.4 Å². The van der Waals surface area contributed by atoms with Crippen LogP contribution >= 0.6 is 0 Å². The summed E-state index contributed by atoms with van der Waals surface area (Å²) in [6, 6.07) is 2.11. The van der Waals surface area contributed by atoms with Crippen LogP contribution in [0, 0.1) is 11.6 Å². The molecular formula is C10H10F2O. The summed E-state index contributed by atoms with van der Waals surface area (Å²) in [6.07, 6.45) is 1.000. The minimum atomic E-state index is -1.13. The minimum Gasteiger partial charge on any atom is -0.385 e. The van der Waals surface area contributed by atoms with Gasteiger partial charge in [-0.15, -0.1) is 0 Å². The van der Waals surface area contributed by atoms with Gasteiger partial charge in [0, 0.05) is 11.6 Å². The number of hydrogen-bond donors (Lipinski definition) is 1. The number of hydrogen-bond acceptors (Lipinski definition) is 1. The van der Waals surface area contributed by atoms with Gasteiger partial charge < -0.3 is 5.11 Å². The lowest BCUT2D eigenvalue weighted by atomic mass is 9.98. The number of fused-ring (bicyclic) bond motifs is 1. The van der Waals surface area contributed by atoms with Gasteiger partial charge in [0.15, 0.2) is 0 Å². The summed E-state index contributed by atoms with van der Waals surface area (Å²) in [7, 11) is 0. The predicted octanol–water partition coefficient (Wildman–Crippen LogP) is 2.12. The zero-order chi connectivity index (χ0) is 9.64. The molecule has 0 aliphatic heterocycles. The van der Waals surface area contributed by atoms with E-state index in [9.17, 15) is 13.9 Å². The van der Waals surface area contributed by atoms with Crippen molar-refractivity contribution >= 4 is 0 Å². The Kier molecular flexibility index (Phi) is 1.67. The zero-order valence-corrected chi connectivity index (χ0v) is 7.27. The highest BCUT2D eigenvalue weighted by Gasteiger charge is 2.35. The molecule has 0 bridgehead atoms. The van der Waals surface area contributed by atoms with E-state index in [1.807, 2.05) is 0 Å². The Labute approximate surface area is 75.0 Å². The molecule has 0 aromatic heterocycles. The number of benzene rings is 1. The van der Waals surface area contributed by atoms with Gasteiger partial charge in [0.2, 0.25) is 0 Å². The van der Waals surface area contributed by atoms with Gasteiger partial charge in [-0.05, 0) is 31.4 Å². The van der Waals surface area contributed by atoms with Gasteiger partial charge in [0.1, 0.15) is 11.6 Å². The van der Waals surface area contributed by atoms with Crippen LogP contribution in [0.3, 0.4) is 0 Å². The van der Waals surface area contributed by atoms with E-state index in [4.69, 9.17) is 0 Å². The summed E-state index contributed by atoms with van der Waals surface area (Å²) in [5.41, 5.74) is -0.288. The van der Waals surface area contributed by atoms with Gasteiger partial charge in [-0.3, -0.25) is 0 Å². The number of aryl methyl sites for hydroxylation is 1. The van der Waals surface area contributed by atoms with Gasteiger partial charge >= 0.3 is 0 Å². The molecule has 13 heavy (non-hydrogen) atoms. The van der Waals surface area contributed by atoms with Crippen LogP contribution in [0.25, 0.3) is 0 Å². The van der Waals surface area contributed by atoms with Crippen molar-refractivity contribution in [1.82, 2.24) is 0 Å². The molecule has 0 heterocycles. The van der Waals surface area contributed by atoms with Crippen molar-refractivity contribution in [2.24, 2.45) is 0 Å². The lowest BCUT2D eigenvalue weighted by molar-refractivity contribution is 0.0560. The summed E-state index contributed by atoms with van der Waals surface area (Å²) >= 11 is 0. The Morgan fingerprint density at radius 3 is 2.77 bits per heavy atom. The third kappa shape index (κ3) is 1.23. The maximum absolute atomic E-state index is 13.2. The second kappa shape index (κ2) is 2.51. The van der Waals surface area contributed by atoms with Crippen molar-refractivity contribution in [2.75, 3.05) is 0 Å². The second-order valence-electron chi connectivity index (χ2n) is 3.70. The monoisotopic (exact) mass is 184 g/mol. The first-order valence-corrected chi connectivity index (χ1v) is 4.21. The lowest BCUT2D eigenvalue weighted by Gasteiger charge is -2.17. The van der Waals surface area contributed by atoms with Crippen LogP contribution in [0.1, 0.15) is 24.5 Å². The SMILES string of the molecule is CC1(O)CCc2cc(F)cc(F)c21. The Morgan fingerprint density at radius 1 is 1.38 bits per heavy atom.